The molecule has 0 unspecified atom stereocenters. The summed E-state index contributed by atoms with van der Waals surface area (Å²) in [4.78, 5) is 12.4. The summed E-state index contributed by atoms with van der Waals surface area (Å²) in [5, 5.41) is 16.2. The van der Waals surface area contributed by atoms with E-state index in [1.807, 2.05) is 0 Å². The average Bonchev–Trinajstić information content (AvgIpc) is 2.63. The highest BCUT2D eigenvalue weighted by Gasteiger charge is 2.09. The third kappa shape index (κ3) is 5.74. The standard InChI is InChI=1S/C16H17Cl3N6O/c17-12-2-1-3-13(18)11(12)8-22-15-14(19)9-23-16(25-15)24-10(6-20)7-21-4-5-26/h1-3,6-7,9,26H,4-5,8,20H2,(H2,22,23,24,25). The van der Waals surface area contributed by atoms with E-state index in [-0.39, 0.29) is 19.1 Å². The smallest absolute Gasteiger partial charge is 0.229 e. The van der Waals surface area contributed by atoms with Crippen LogP contribution in [0.3, 0.4) is 0 Å². The Hall–Kier alpha value is -2.06. The minimum absolute atomic E-state index is 0.0511. The van der Waals surface area contributed by atoms with Crippen LogP contribution in [0.25, 0.3) is 0 Å². The molecule has 0 fully saturated rings. The molecule has 10 heteroatoms. The molecule has 0 saturated carbocycles. The number of aromatic nitrogens is 2. The van der Waals surface area contributed by atoms with Gasteiger partial charge in [0.15, 0.2) is 5.82 Å². The lowest BCUT2D eigenvalue weighted by atomic mass is 10.2. The van der Waals surface area contributed by atoms with Gasteiger partial charge in [-0.3, -0.25) is 4.99 Å². The van der Waals surface area contributed by atoms with Crippen molar-refractivity contribution in [3.63, 3.8) is 0 Å². The van der Waals surface area contributed by atoms with Crippen LogP contribution in [0.4, 0.5) is 11.8 Å². The highest BCUT2D eigenvalue weighted by molar-refractivity contribution is 6.36. The molecule has 26 heavy (non-hydrogen) atoms. The van der Waals surface area contributed by atoms with E-state index < -0.39 is 0 Å². The van der Waals surface area contributed by atoms with Crippen LogP contribution in [-0.4, -0.2) is 34.4 Å². The Morgan fingerprint density at radius 2 is 1.96 bits per heavy atom. The second kappa shape index (κ2) is 10.2. The maximum atomic E-state index is 8.75. The first-order chi connectivity index (χ1) is 12.5. The quantitative estimate of drug-likeness (QED) is 0.493. The van der Waals surface area contributed by atoms with Gasteiger partial charge < -0.3 is 21.5 Å². The molecule has 0 saturated heterocycles. The maximum absolute atomic E-state index is 8.75. The van der Waals surface area contributed by atoms with E-state index in [0.29, 0.717) is 33.1 Å². The molecule has 0 aliphatic heterocycles. The summed E-state index contributed by atoms with van der Waals surface area (Å²) in [6.45, 7) is 0.558. The Bertz CT molecular complexity index is 792. The number of benzene rings is 1. The topological polar surface area (TPSA) is 108 Å². The van der Waals surface area contributed by atoms with Crippen molar-refractivity contribution < 1.29 is 5.11 Å². The number of hydrogen-bond acceptors (Lipinski definition) is 7. The van der Waals surface area contributed by atoms with Crippen LogP contribution in [0.2, 0.25) is 15.1 Å². The molecule has 0 aliphatic rings. The maximum Gasteiger partial charge on any atom is 0.229 e. The van der Waals surface area contributed by atoms with Gasteiger partial charge in [0.1, 0.15) is 5.02 Å². The molecule has 2 rings (SSSR count). The molecule has 0 spiro atoms. The number of anilines is 2. The molecule has 1 heterocycles. The van der Waals surface area contributed by atoms with Gasteiger partial charge in [-0.2, -0.15) is 4.98 Å². The minimum Gasteiger partial charge on any atom is -0.403 e. The molecule has 7 nitrogen and oxygen atoms in total. The molecule has 0 amide bonds. The summed E-state index contributed by atoms with van der Waals surface area (Å²) in [5.74, 6) is 0.679. The lowest BCUT2D eigenvalue weighted by molar-refractivity contribution is 0.307. The molecule has 0 aliphatic carbocycles. The number of nitrogens with one attached hydrogen (secondary N) is 2. The molecule has 1 aromatic heterocycles. The van der Waals surface area contributed by atoms with Gasteiger partial charge in [0.2, 0.25) is 5.95 Å². The van der Waals surface area contributed by atoms with Crippen LogP contribution in [0.15, 0.2) is 41.3 Å². The first kappa shape index (κ1) is 20.3. The summed E-state index contributed by atoms with van der Waals surface area (Å²) in [7, 11) is 0. The third-order valence-corrected chi connectivity index (χ3v) is 4.12. The first-order valence-corrected chi connectivity index (χ1v) is 8.67. The fourth-order valence-electron chi connectivity index (χ4n) is 1.89. The predicted octanol–water partition coefficient (Wildman–Crippen LogP) is 3.32. The van der Waals surface area contributed by atoms with Crippen molar-refractivity contribution in [2.75, 3.05) is 23.8 Å². The van der Waals surface area contributed by atoms with Crippen molar-refractivity contribution >= 4 is 52.8 Å². The molecular formula is C16H17Cl3N6O. The number of nitrogens with two attached hydrogens (primary N) is 1. The minimum atomic E-state index is -0.0511. The van der Waals surface area contributed by atoms with Gasteiger partial charge in [-0.15, -0.1) is 0 Å². The van der Waals surface area contributed by atoms with Crippen molar-refractivity contribution in [3.8, 4) is 0 Å². The lowest BCUT2D eigenvalue weighted by Crippen LogP contribution is -2.10. The number of rotatable bonds is 8. The Morgan fingerprint density at radius 3 is 2.62 bits per heavy atom. The van der Waals surface area contributed by atoms with Crippen molar-refractivity contribution in [3.05, 3.63) is 56.9 Å². The van der Waals surface area contributed by atoms with Crippen molar-refractivity contribution in [1.82, 2.24) is 9.97 Å². The normalized spacial score (nSPS) is 11.8. The number of aliphatic imine (C=N–C) groups is 1. The molecule has 0 radical (unpaired) electrons. The Kier molecular flexibility index (Phi) is 7.93. The molecular weight excluding hydrogens is 399 g/mol. The molecule has 0 bridgehead atoms. The number of halogens is 3. The van der Waals surface area contributed by atoms with Gasteiger partial charge in [0, 0.05) is 34.6 Å². The van der Waals surface area contributed by atoms with Gasteiger partial charge in [-0.1, -0.05) is 40.9 Å². The van der Waals surface area contributed by atoms with E-state index in [2.05, 4.69) is 25.6 Å². The molecule has 5 N–H and O–H groups in total. The van der Waals surface area contributed by atoms with E-state index >= 15 is 0 Å². The Morgan fingerprint density at radius 1 is 1.23 bits per heavy atom. The zero-order chi connectivity index (χ0) is 18.9. The summed E-state index contributed by atoms with van der Waals surface area (Å²) < 4.78 is 0. The van der Waals surface area contributed by atoms with Crippen LogP contribution in [0.5, 0.6) is 0 Å². The highest BCUT2D eigenvalue weighted by Crippen LogP contribution is 2.26. The predicted molar refractivity (Wildman–Crippen MR) is 107 cm³/mol. The monoisotopic (exact) mass is 414 g/mol. The van der Waals surface area contributed by atoms with E-state index in [4.69, 9.17) is 45.6 Å². The molecule has 2 aromatic rings. The SMILES string of the molecule is NC=C(C=NCCO)Nc1ncc(Cl)c(NCc2c(Cl)cccc2Cl)n1. The summed E-state index contributed by atoms with van der Waals surface area (Å²) in [6.07, 6.45) is 4.24. The fraction of sp³-hybridized carbons (Fsp3) is 0.188. The Labute approximate surface area is 165 Å². The average molecular weight is 416 g/mol. The van der Waals surface area contributed by atoms with E-state index in [1.54, 1.807) is 18.2 Å². The number of aliphatic hydroxyl groups excluding tert-OH is 1. The number of allylic oxidation sites excluding steroid dienone is 1. The van der Waals surface area contributed by atoms with Gasteiger partial charge in [-0.05, 0) is 12.1 Å². The first-order valence-electron chi connectivity index (χ1n) is 7.54. The highest BCUT2D eigenvalue weighted by atomic mass is 35.5. The van der Waals surface area contributed by atoms with Crippen LogP contribution in [-0.2, 0) is 6.54 Å². The van der Waals surface area contributed by atoms with E-state index in [9.17, 15) is 0 Å². The number of nitrogens with zero attached hydrogens (tertiary/aromatic N) is 3. The largest absolute Gasteiger partial charge is 0.403 e. The van der Waals surface area contributed by atoms with Gasteiger partial charge in [0.05, 0.1) is 25.0 Å². The molecule has 0 atom stereocenters. The summed E-state index contributed by atoms with van der Waals surface area (Å²) >= 11 is 18.5. The summed E-state index contributed by atoms with van der Waals surface area (Å²) in [5.41, 5.74) is 6.74. The van der Waals surface area contributed by atoms with Crippen LogP contribution < -0.4 is 16.4 Å². The van der Waals surface area contributed by atoms with Gasteiger partial charge in [0.25, 0.3) is 0 Å². The zero-order valence-electron chi connectivity index (χ0n) is 13.6. The second-order valence-electron chi connectivity index (χ2n) is 4.95. The zero-order valence-corrected chi connectivity index (χ0v) is 15.9. The van der Waals surface area contributed by atoms with Crippen molar-refractivity contribution in [1.29, 1.82) is 0 Å². The van der Waals surface area contributed by atoms with E-state index in [0.717, 1.165) is 5.56 Å². The lowest BCUT2D eigenvalue weighted by Gasteiger charge is -2.12. The van der Waals surface area contributed by atoms with Crippen LogP contribution >= 0.6 is 34.8 Å². The second-order valence-corrected chi connectivity index (χ2v) is 6.17. The Balaban J connectivity index is 2.12. The molecule has 138 valence electrons. The van der Waals surface area contributed by atoms with Crippen molar-refractivity contribution in [2.45, 2.75) is 6.54 Å². The van der Waals surface area contributed by atoms with Crippen molar-refractivity contribution in [2.24, 2.45) is 10.7 Å². The number of aliphatic hydroxyl groups is 1. The van der Waals surface area contributed by atoms with E-state index in [1.165, 1.54) is 18.6 Å². The third-order valence-electron chi connectivity index (χ3n) is 3.13. The fourth-order valence-corrected chi connectivity index (χ4v) is 2.58. The number of hydrogen-bond donors (Lipinski definition) is 4. The molecule has 1 aromatic carbocycles. The van der Waals surface area contributed by atoms with Crippen LogP contribution in [0, 0.1) is 0 Å². The van der Waals surface area contributed by atoms with Gasteiger partial charge in [-0.25, -0.2) is 4.98 Å². The van der Waals surface area contributed by atoms with Crippen LogP contribution in [0.1, 0.15) is 5.56 Å². The van der Waals surface area contributed by atoms with Gasteiger partial charge >= 0.3 is 0 Å². The summed E-state index contributed by atoms with van der Waals surface area (Å²) in [6, 6.07) is 5.28.